The van der Waals surface area contributed by atoms with Crippen LogP contribution in [-0.2, 0) is 11.3 Å². The van der Waals surface area contributed by atoms with Gasteiger partial charge in [-0.25, -0.2) is 4.98 Å². The molecule has 4 nitrogen and oxygen atoms in total. The maximum Gasteiger partial charge on any atom is 0.240 e. The number of aryl methyl sites for hydroxylation is 1. The lowest BCUT2D eigenvalue weighted by Gasteiger charge is -2.12. The summed E-state index contributed by atoms with van der Waals surface area (Å²) >= 11 is 0. The van der Waals surface area contributed by atoms with Crippen LogP contribution < -0.4 is 5.32 Å². The van der Waals surface area contributed by atoms with Gasteiger partial charge in [0, 0.05) is 11.6 Å². The Kier molecular flexibility index (Phi) is 4.15. The number of hydrogen-bond donors (Lipinski definition) is 1. The van der Waals surface area contributed by atoms with E-state index in [9.17, 15) is 4.79 Å². The summed E-state index contributed by atoms with van der Waals surface area (Å²) in [5.41, 5.74) is 4.10. The number of rotatable bonds is 4. The summed E-state index contributed by atoms with van der Waals surface area (Å²) in [6.45, 7) is 6.25. The number of hydrogen-bond acceptors (Lipinski definition) is 2. The smallest absolute Gasteiger partial charge is 0.240 e. The number of fused-ring (bicyclic) bond motifs is 1. The van der Waals surface area contributed by atoms with Crippen molar-refractivity contribution in [2.24, 2.45) is 0 Å². The van der Waals surface area contributed by atoms with E-state index >= 15 is 0 Å². The lowest BCUT2D eigenvalue weighted by molar-refractivity contribution is -0.122. The fourth-order valence-corrected chi connectivity index (χ4v) is 2.67. The summed E-state index contributed by atoms with van der Waals surface area (Å²) in [6.07, 6.45) is 0. The molecule has 0 bridgehead atoms. The van der Waals surface area contributed by atoms with Gasteiger partial charge in [-0.2, -0.15) is 0 Å². The molecule has 1 amide bonds. The third kappa shape index (κ3) is 3.26. The summed E-state index contributed by atoms with van der Waals surface area (Å²) in [4.78, 5) is 17.0. The second-order valence-electron chi connectivity index (χ2n) is 6.10. The average Bonchev–Trinajstić information content (AvgIpc) is 2.86. The number of aromatic nitrogens is 2. The van der Waals surface area contributed by atoms with Crippen molar-refractivity contribution in [3.8, 4) is 11.4 Å². The molecule has 0 saturated carbocycles. The summed E-state index contributed by atoms with van der Waals surface area (Å²) in [5.74, 6) is 0.821. The molecule has 4 heteroatoms. The van der Waals surface area contributed by atoms with Gasteiger partial charge in [0.1, 0.15) is 12.4 Å². The van der Waals surface area contributed by atoms with E-state index < -0.39 is 0 Å². The molecule has 0 aliphatic carbocycles. The Bertz CT molecular complexity index is 831. The molecule has 1 aromatic heterocycles. The Morgan fingerprint density at radius 1 is 1.13 bits per heavy atom. The quantitative estimate of drug-likeness (QED) is 0.801. The highest BCUT2D eigenvalue weighted by atomic mass is 16.2. The lowest BCUT2D eigenvalue weighted by Crippen LogP contribution is -2.33. The van der Waals surface area contributed by atoms with Gasteiger partial charge in [-0.3, -0.25) is 4.79 Å². The van der Waals surface area contributed by atoms with Crippen LogP contribution in [0.2, 0.25) is 0 Å². The molecule has 3 rings (SSSR count). The molecule has 0 radical (unpaired) electrons. The largest absolute Gasteiger partial charge is 0.352 e. The van der Waals surface area contributed by atoms with E-state index in [0.717, 1.165) is 22.4 Å². The zero-order valence-corrected chi connectivity index (χ0v) is 13.7. The number of para-hydroxylation sites is 2. The Morgan fingerprint density at radius 3 is 2.52 bits per heavy atom. The maximum absolute atomic E-state index is 12.2. The standard InChI is InChI=1S/C19H21N3O/c1-13(2)20-18(23)12-22-17-7-5-4-6-16(17)21-19(22)15-10-8-14(3)9-11-15/h4-11,13H,12H2,1-3H3,(H,20,23). The van der Waals surface area contributed by atoms with E-state index in [1.54, 1.807) is 0 Å². The van der Waals surface area contributed by atoms with Gasteiger partial charge in [-0.15, -0.1) is 0 Å². The van der Waals surface area contributed by atoms with Crippen molar-refractivity contribution in [1.29, 1.82) is 0 Å². The molecule has 0 spiro atoms. The van der Waals surface area contributed by atoms with E-state index in [2.05, 4.69) is 24.4 Å². The zero-order chi connectivity index (χ0) is 16.4. The molecule has 0 aliphatic heterocycles. The number of imidazole rings is 1. The first-order valence-corrected chi connectivity index (χ1v) is 7.86. The first kappa shape index (κ1) is 15.3. The van der Waals surface area contributed by atoms with Crippen molar-refractivity contribution in [2.45, 2.75) is 33.4 Å². The molecule has 1 N–H and O–H groups in total. The number of carbonyl (C=O) groups is 1. The van der Waals surface area contributed by atoms with Crippen molar-refractivity contribution in [3.05, 3.63) is 54.1 Å². The Balaban J connectivity index is 2.07. The minimum absolute atomic E-state index is 0.00323. The van der Waals surface area contributed by atoms with Gasteiger partial charge >= 0.3 is 0 Å². The second kappa shape index (κ2) is 6.24. The molecule has 1 heterocycles. The van der Waals surface area contributed by atoms with Gasteiger partial charge in [-0.1, -0.05) is 42.0 Å². The van der Waals surface area contributed by atoms with E-state index in [1.165, 1.54) is 5.56 Å². The van der Waals surface area contributed by atoms with Crippen LogP contribution >= 0.6 is 0 Å². The van der Waals surface area contributed by atoms with E-state index in [0.29, 0.717) is 0 Å². The Morgan fingerprint density at radius 2 is 1.83 bits per heavy atom. The molecular weight excluding hydrogens is 286 g/mol. The third-order valence-corrected chi connectivity index (χ3v) is 3.72. The predicted octanol–water partition coefficient (Wildman–Crippen LogP) is 3.54. The molecule has 0 unspecified atom stereocenters. The van der Waals surface area contributed by atoms with Gasteiger partial charge in [0.15, 0.2) is 0 Å². The van der Waals surface area contributed by atoms with Crippen molar-refractivity contribution in [2.75, 3.05) is 0 Å². The van der Waals surface area contributed by atoms with Crippen molar-refractivity contribution in [1.82, 2.24) is 14.9 Å². The SMILES string of the molecule is Cc1ccc(-c2nc3ccccc3n2CC(=O)NC(C)C)cc1. The summed E-state index contributed by atoms with van der Waals surface area (Å²) in [6, 6.07) is 16.3. The minimum Gasteiger partial charge on any atom is -0.352 e. The molecule has 23 heavy (non-hydrogen) atoms. The van der Waals surface area contributed by atoms with Crippen LogP contribution in [0.3, 0.4) is 0 Å². The number of carbonyl (C=O) groups excluding carboxylic acids is 1. The number of benzene rings is 2. The van der Waals surface area contributed by atoms with E-state index in [4.69, 9.17) is 4.98 Å². The fourth-order valence-electron chi connectivity index (χ4n) is 2.67. The first-order valence-electron chi connectivity index (χ1n) is 7.86. The normalized spacial score (nSPS) is 11.1. The monoisotopic (exact) mass is 307 g/mol. The average molecular weight is 307 g/mol. The van der Waals surface area contributed by atoms with Gasteiger partial charge in [0.25, 0.3) is 0 Å². The van der Waals surface area contributed by atoms with Crippen LogP contribution in [0.4, 0.5) is 0 Å². The lowest BCUT2D eigenvalue weighted by atomic mass is 10.1. The van der Waals surface area contributed by atoms with Crippen LogP contribution in [0.5, 0.6) is 0 Å². The highest BCUT2D eigenvalue weighted by Gasteiger charge is 2.15. The number of amides is 1. The summed E-state index contributed by atoms with van der Waals surface area (Å²) < 4.78 is 1.98. The minimum atomic E-state index is -0.00323. The number of nitrogens with zero attached hydrogens (tertiary/aromatic N) is 2. The third-order valence-electron chi connectivity index (χ3n) is 3.72. The van der Waals surface area contributed by atoms with Crippen molar-refractivity contribution in [3.63, 3.8) is 0 Å². The fraction of sp³-hybridized carbons (Fsp3) is 0.263. The second-order valence-corrected chi connectivity index (χ2v) is 6.10. The van der Waals surface area contributed by atoms with Crippen LogP contribution in [0.1, 0.15) is 19.4 Å². The van der Waals surface area contributed by atoms with E-state index in [-0.39, 0.29) is 18.5 Å². The Labute approximate surface area is 136 Å². The van der Waals surface area contributed by atoms with Crippen LogP contribution in [0.25, 0.3) is 22.4 Å². The van der Waals surface area contributed by atoms with Gasteiger partial charge in [0.2, 0.25) is 5.91 Å². The highest BCUT2D eigenvalue weighted by Crippen LogP contribution is 2.25. The summed E-state index contributed by atoms with van der Waals surface area (Å²) in [5, 5.41) is 2.95. The Hall–Kier alpha value is -2.62. The number of nitrogens with one attached hydrogen (secondary N) is 1. The van der Waals surface area contributed by atoms with Gasteiger partial charge in [0.05, 0.1) is 11.0 Å². The molecule has 0 atom stereocenters. The van der Waals surface area contributed by atoms with Crippen molar-refractivity contribution < 1.29 is 4.79 Å². The topological polar surface area (TPSA) is 46.9 Å². The highest BCUT2D eigenvalue weighted by molar-refractivity contribution is 5.84. The van der Waals surface area contributed by atoms with Crippen molar-refractivity contribution >= 4 is 16.9 Å². The van der Waals surface area contributed by atoms with Gasteiger partial charge in [-0.05, 0) is 32.9 Å². The summed E-state index contributed by atoms with van der Waals surface area (Å²) in [7, 11) is 0. The molecule has 2 aromatic carbocycles. The predicted molar refractivity (Wildman–Crippen MR) is 93.2 cm³/mol. The van der Waals surface area contributed by atoms with Crippen LogP contribution in [0, 0.1) is 6.92 Å². The molecule has 3 aromatic rings. The van der Waals surface area contributed by atoms with Crippen LogP contribution in [0.15, 0.2) is 48.5 Å². The van der Waals surface area contributed by atoms with E-state index in [1.807, 2.05) is 54.8 Å². The first-order chi connectivity index (χ1) is 11.0. The molecule has 118 valence electrons. The van der Waals surface area contributed by atoms with Gasteiger partial charge < -0.3 is 9.88 Å². The molecule has 0 saturated heterocycles. The molecular formula is C19H21N3O. The van der Waals surface area contributed by atoms with Crippen LogP contribution in [-0.4, -0.2) is 21.5 Å². The zero-order valence-electron chi connectivity index (χ0n) is 13.7. The maximum atomic E-state index is 12.2. The molecule has 0 aliphatic rings. The molecule has 0 fully saturated rings.